The third-order valence-corrected chi connectivity index (χ3v) is 8.18. The molecule has 3 atom stereocenters. The van der Waals surface area contributed by atoms with E-state index >= 15 is 0 Å². The van der Waals surface area contributed by atoms with Crippen molar-refractivity contribution < 1.29 is 18.8 Å². The molecule has 1 aliphatic carbocycles. The van der Waals surface area contributed by atoms with Crippen LogP contribution in [0.15, 0.2) is 24.3 Å². The van der Waals surface area contributed by atoms with E-state index in [0.29, 0.717) is 28.2 Å². The second kappa shape index (κ2) is 11.3. The minimum atomic E-state index is -0.397. The van der Waals surface area contributed by atoms with Gasteiger partial charge < -0.3 is 10.2 Å². The molecule has 3 amide bonds. The summed E-state index contributed by atoms with van der Waals surface area (Å²) < 4.78 is 13.2. The Morgan fingerprint density at radius 1 is 1.11 bits per heavy atom. The normalized spacial score (nSPS) is 22.5. The van der Waals surface area contributed by atoms with Gasteiger partial charge in [-0.2, -0.15) is 0 Å². The number of nitrogens with zero attached hydrogens (tertiary/aromatic N) is 2. The van der Waals surface area contributed by atoms with Gasteiger partial charge in [0.2, 0.25) is 5.91 Å². The van der Waals surface area contributed by atoms with E-state index in [-0.39, 0.29) is 29.5 Å². The van der Waals surface area contributed by atoms with E-state index in [0.717, 1.165) is 68.4 Å². The molecule has 1 aromatic carbocycles. The summed E-state index contributed by atoms with van der Waals surface area (Å²) in [6.07, 6.45) is 6.27. The maximum absolute atomic E-state index is 13.5. The van der Waals surface area contributed by atoms with Crippen molar-refractivity contribution in [3.05, 3.63) is 46.2 Å². The molecule has 2 heterocycles. The predicted molar refractivity (Wildman–Crippen MR) is 134 cm³/mol. The summed E-state index contributed by atoms with van der Waals surface area (Å²) in [7, 11) is 0. The fourth-order valence-electron chi connectivity index (χ4n) is 5.30. The summed E-state index contributed by atoms with van der Waals surface area (Å²) >= 11 is 1.16. The van der Waals surface area contributed by atoms with Crippen LogP contribution in [0.4, 0.5) is 14.3 Å². The summed E-state index contributed by atoms with van der Waals surface area (Å²) in [6, 6.07) is 5.98. The number of amides is 3. The minimum absolute atomic E-state index is 0.0781. The number of carbonyl (C=O) groups is 3. The smallest absolute Gasteiger partial charge is 0.321 e. The second-order valence-electron chi connectivity index (χ2n) is 9.71. The molecule has 2 aliphatic rings. The zero-order chi connectivity index (χ0) is 24.9. The van der Waals surface area contributed by atoms with E-state index < -0.39 is 6.03 Å². The quantitative estimate of drug-likeness (QED) is 0.549. The maximum atomic E-state index is 13.5. The first-order valence-electron chi connectivity index (χ1n) is 12.4. The molecule has 0 spiro atoms. The molecule has 1 aromatic heterocycles. The number of ketones is 1. The van der Waals surface area contributed by atoms with E-state index in [1.165, 1.54) is 19.1 Å². The SMILES string of the molecule is CC(=O)c1sc(NC(=O)N[C@@H]2CCCC[C@H]2C(=O)N2CCC[C@@H](Cc3ccc(F)cc3)C2)nc1C. The molecule has 2 aromatic rings. The molecule has 7 nitrogen and oxygen atoms in total. The van der Waals surface area contributed by atoms with Crippen molar-refractivity contribution in [2.75, 3.05) is 18.4 Å². The maximum Gasteiger partial charge on any atom is 0.321 e. The van der Waals surface area contributed by atoms with Crippen LogP contribution in [0.25, 0.3) is 0 Å². The lowest BCUT2D eigenvalue weighted by molar-refractivity contribution is -0.139. The molecular formula is C26H33FN4O3S. The van der Waals surface area contributed by atoms with Gasteiger partial charge in [0, 0.05) is 26.1 Å². The van der Waals surface area contributed by atoms with Gasteiger partial charge in [-0.1, -0.05) is 36.3 Å². The van der Waals surface area contributed by atoms with Gasteiger partial charge in [-0.05, 0) is 62.6 Å². The molecule has 9 heteroatoms. The van der Waals surface area contributed by atoms with Gasteiger partial charge in [0.05, 0.1) is 16.5 Å². The number of anilines is 1. The van der Waals surface area contributed by atoms with Crippen LogP contribution >= 0.6 is 11.3 Å². The first-order chi connectivity index (χ1) is 16.8. The Balaban J connectivity index is 1.36. The first-order valence-corrected chi connectivity index (χ1v) is 13.2. The van der Waals surface area contributed by atoms with Crippen LogP contribution in [0.3, 0.4) is 0 Å². The number of aryl methyl sites for hydroxylation is 1. The molecule has 1 aliphatic heterocycles. The number of thiazole rings is 1. The van der Waals surface area contributed by atoms with Gasteiger partial charge in [0.15, 0.2) is 10.9 Å². The summed E-state index contributed by atoms with van der Waals surface area (Å²) in [5.74, 6) is -0.100. The van der Waals surface area contributed by atoms with Crippen LogP contribution < -0.4 is 10.6 Å². The van der Waals surface area contributed by atoms with Crippen LogP contribution in [0.1, 0.15) is 66.4 Å². The number of nitrogens with one attached hydrogen (secondary N) is 2. The van der Waals surface area contributed by atoms with Crippen molar-refractivity contribution in [2.24, 2.45) is 11.8 Å². The van der Waals surface area contributed by atoms with E-state index in [2.05, 4.69) is 15.6 Å². The average Bonchev–Trinajstić information content (AvgIpc) is 3.20. The molecule has 1 saturated heterocycles. The average molecular weight is 501 g/mol. The van der Waals surface area contributed by atoms with Crippen molar-refractivity contribution >= 4 is 34.2 Å². The van der Waals surface area contributed by atoms with E-state index in [1.54, 1.807) is 6.92 Å². The second-order valence-corrected chi connectivity index (χ2v) is 10.7. The van der Waals surface area contributed by atoms with Crippen LogP contribution in [-0.2, 0) is 11.2 Å². The summed E-state index contributed by atoms with van der Waals surface area (Å²) in [6.45, 7) is 4.65. The van der Waals surface area contributed by atoms with Gasteiger partial charge in [-0.3, -0.25) is 14.9 Å². The van der Waals surface area contributed by atoms with E-state index in [9.17, 15) is 18.8 Å². The number of likely N-dealkylation sites (tertiary alicyclic amines) is 1. The van der Waals surface area contributed by atoms with E-state index in [1.807, 2.05) is 17.0 Å². The van der Waals surface area contributed by atoms with Gasteiger partial charge in [-0.15, -0.1) is 0 Å². The Hall–Kier alpha value is -2.81. The Bertz CT molecular complexity index is 1070. The summed E-state index contributed by atoms with van der Waals surface area (Å²) in [5.41, 5.74) is 1.69. The van der Waals surface area contributed by atoms with Gasteiger partial charge in [0.25, 0.3) is 0 Å². The molecule has 35 heavy (non-hydrogen) atoms. The Morgan fingerprint density at radius 2 is 1.86 bits per heavy atom. The highest BCUT2D eigenvalue weighted by Crippen LogP contribution is 2.30. The number of piperidine rings is 1. The van der Waals surface area contributed by atoms with Crippen LogP contribution in [0.5, 0.6) is 0 Å². The van der Waals surface area contributed by atoms with Gasteiger partial charge in [-0.25, -0.2) is 14.2 Å². The summed E-state index contributed by atoms with van der Waals surface area (Å²) in [4.78, 5) is 44.7. The monoisotopic (exact) mass is 500 g/mol. The largest absolute Gasteiger partial charge is 0.342 e. The van der Waals surface area contributed by atoms with Crippen molar-refractivity contribution in [2.45, 2.75) is 64.8 Å². The van der Waals surface area contributed by atoms with Crippen LogP contribution in [-0.4, -0.2) is 46.7 Å². The lowest BCUT2D eigenvalue weighted by atomic mass is 9.82. The molecule has 1 saturated carbocycles. The standard InChI is InChI=1S/C26H33FN4O3S/c1-16-23(17(2)32)35-26(28-16)30-25(34)29-22-8-4-3-7-21(22)24(33)31-13-5-6-19(15-31)14-18-9-11-20(27)12-10-18/h9-12,19,21-22H,3-8,13-15H2,1-2H3,(H2,28,29,30,34)/t19-,21+,22+/m0/s1. The van der Waals surface area contributed by atoms with Crippen molar-refractivity contribution in [1.82, 2.24) is 15.2 Å². The third-order valence-electron chi connectivity index (χ3n) is 7.00. The van der Waals surface area contributed by atoms with Crippen LogP contribution in [0.2, 0.25) is 0 Å². The molecule has 2 fully saturated rings. The number of Topliss-reactive ketones (excluding diaryl/α,β-unsaturated/α-hetero) is 1. The van der Waals surface area contributed by atoms with Crippen molar-refractivity contribution in [3.63, 3.8) is 0 Å². The highest BCUT2D eigenvalue weighted by atomic mass is 32.1. The lowest BCUT2D eigenvalue weighted by Gasteiger charge is -2.38. The molecule has 0 radical (unpaired) electrons. The zero-order valence-electron chi connectivity index (χ0n) is 20.3. The molecule has 0 bridgehead atoms. The minimum Gasteiger partial charge on any atom is -0.342 e. The summed E-state index contributed by atoms with van der Waals surface area (Å²) in [5, 5.41) is 6.11. The van der Waals surface area contributed by atoms with Gasteiger partial charge in [0.1, 0.15) is 5.82 Å². The molecule has 2 N–H and O–H groups in total. The Morgan fingerprint density at radius 3 is 2.57 bits per heavy atom. The fourth-order valence-corrected chi connectivity index (χ4v) is 6.15. The number of benzene rings is 1. The first kappa shape index (κ1) is 25.3. The topological polar surface area (TPSA) is 91.4 Å². The molecule has 188 valence electrons. The fraction of sp³-hybridized carbons (Fsp3) is 0.538. The number of aromatic nitrogens is 1. The number of halogens is 1. The number of urea groups is 1. The molecule has 4 rings (SSSR count). The number of hydrogen-bond acceptors (Lipinski definition) is 5. The van der Waals surface area contributed by atoms with Gasteiger partial charge >= 0.3 is 6.03 Å². The molecular weight excluding hydrogens is 467 g/mol. The highest BCUT2D eigenvalue weighted by molar-refractivity contribution is 7.17. The van der Waals surface area contributed by atoms with E-state index in [4.69, 9.17) is 0 Å². The lowest BCUT2D eigenvalue weighted by Crippen LogP contribution is -2.52. The number of hydrogen-bond donors (Lipinski definition) is 2. The zero-order valence-corrected chi connectivity index (χ0v) is 21.1. The molecule has 0 unspecified atom stereocenters. The number of carbonyl (C=O) groups excluding carboxylic acids is 3. The van der Waals surface area contributed by atoms with Crippen molar-refractivity contribution in [1.29, 1.82) is 0 Å². The van der Waals surface area contributed by atoms with Crippen LogP contribution in [0, 0.1) is 24.6 Å². The van der Waals surface area contributed by atoms with Crippen molar-refractivity contribution in [3.8, 4) is 0 Å². The third kappa shape index (κ3) is 6.45. The number of rotatable bonds is 6. The Kier molecular flexibility index (Phi) is 8.15. The predicted octanol–water partition coefficient (Wildman–Crippen LogP) is 4.95. The Labute approximate surface area is 209 Å². The highest BCUT2D eigenvalue weighted by Gasteiger charge is 2.36.